The van der Waals surface area contributed by atoms with E-state index in [9.17, 15) is 4.79 Å². The van der Waals surface area contributed by atoms with E-state index in [1.165, 1.54) is 11.1 Å². The van der Waals surface area contributed by atoms with Crippen molar-refractivity contribution in [3.8, 4) is 5.75 Å². The molecule has 0 aliphatic heterocycles. The Morgan fingerprint density at radius 1 is 1.33 bits per heavy atom. The molecule has 5 nitrogen and oxygen atoms in total. The molecule has 130 valence electrons. The van der Waals surface area contributed by atoms with Crippen LogP contribution in [-0.4, -0.2) is 29.2 Å². The Labute approximate surface area is 146 Å². The Kier molecular flexibility index (Phi) is 5.49. The molecule has 0 fully saturated rings. The molecule has 24 heavy (non-hydrogen) atoms. The van der Waals surface area contributed by atoms with Gasteiger partial charge in [0.1, 0.15) is 17.2 Å². The molecule has 0 radical (unpaired) electrons. The van der Waals surface area contributed by atoms with Gasteiger partial charge in [0, 0.05) is 0 Å². The Morgan fingerprint density at radius 3 is 2.62 bits per heavy atom. The molecule has 0 unspecified atom stereocenters. The number of nitrogens with zero attached hydrogens (tertiary/aromatic N) is 1. The topological polar surface area (TPSA) is 71.5 Å². The molecule has 1 heterocycles. The summed E-state index contributed by atoms with van der Waals surface area (Å²) in [6, 6.07) is 6.21. The highest BCUT2D eigenvalue weighted by Gasteiger charge is 2.19. The summed E-state index contributed by atoms with van der Waals surface area (Å²) in [6.45, 7) is 11.3. The van der Waals surface area contributed by atoms with E-state index in [1.54, 1.807) is 6.92 Å². The van der Waals surface area contributed by atoms with Gasteiger partial charge in [-0.15, -0.1) is 0 Å². The summed E-state index contributed by atoms with van der Waals surface area (Å²) in [5.41, 5.74) is 2.94. The standard InChI is InChI=1S/C18H24N2O3S/c1-11-6-7-14(13(10-11)18(3,4)5)23-9-8-19-17-20-12(2)15(24-17)16(21)22/h6-7,10H,8-9H2,1-5H3,(H,19,20)(H,21,22). The zero-order chi connectivity index (χ0) is 17.9. The predicted octanol–water partition coefficient (Wildman–Crippen LogP) is 4.25. The van der Waals surface area contributed by atoms with Crippen LogP contribution < -0.4 is 10.1 Å². The minimum absolute atomic E-state index is 0.0115. The van der Waals surface area contributed by atoms with E-state index in [4.69, 9.17) is 9.84 Å². The number of aromatic carboxylic acids is 1. The maximum atomic E-state index is 11.0. The summed E-state index contributed by atoms with van der Waals surface area (Å²) >= 11 is 1.15. The summed E-state index contributed by atoms with van der Waals surface area (Å²) in [6.07, 6.45) is 0. The van der Waals surface area contributed by atoms with Gasteiger partial charge >= 0.3 is 5.97 Å². The number of hydrogen-bond donors (Lipinski definition) is 2. The molecule has 2 aromatic rings. The molecule has 1 aromatic heterocycles. The van der Waals surface area contributed by atoms with E-state index in [0.717, 1.165) is 17.1 Å². The number of carbonyl (C=O) groups is 1. The second-order valence-electron chi connectivity index (χ2n) is 6.76. The lowest BCUT2D eigenvalue weighted by Gasteiger charge is -2.23. The van der Waals surface area contributed by atoms with Crippen LogP contribution in [0.5, 0.6) is 5.75 Å². The normalized spacial score (nSPS) is 11.4. The van der Waals surface area contributed by atoms with Crippen LogP contribution in [0, 0.1) is 13.8 Å². The van der Waals surface area contributed by atoms with E-state index in [-0.39, 0.29) is 10.3 Å². The number of anilines is 1. The van der Waals surface area contributed by atoms with Crippen molar-refractivity contribution >= 4 is 22.4 Å². The van der Waals surface area contributed by atoms with Crippen LogP contribution in [0.2, 0.25) is 0 Å². The SMILES string of the molecule is Cc1ccc(OCCNc2nc(C)c(C(=O)O)s2)c(C(C)(C)C)c1. The first-order chi connectivity index (χ1) is 11.2. The van der Waals surface area contributed by atoms with Crippen molar-refractivity contribution < 1.29 is 14.6 Å². The highest BCUT2D eigenvalue weighted by atomic mass is 32.1. The number of hydrogen-bond acceptors (Lipinski definition) is 5. The number of rotatable bonds is 6. The van der Waals surface area contributed by atoms with Crippen LogP contribution in [-0.2, 0) is 5.41 Å². The van der Waals surface area contributed by atoms with E-state index in [0.29, 0.717) is 24.0 Å². The monoisotopic (exact) mass is 348 g/mol. The molecule has 0 saturated carbocycles. The molecule has 0 aliphatic carbocycles. The predicted molar refractivity (Wildman–Crippen MR) is 97.7 cm³/mol. The number of aryl methyl sites for hydroxylation is 2. The number of nitrogens with one attached hydrogen (secondary N) is 1. The quantitative estimate of drug-likeness (QED) is 0.764. The lowest BCUT2D eigenvalue weighted by atomic mass is 9.85. The highest BCUT2D eigenvalue weighted by Crippen LogP contribution is 2.32. The van der Waals surface area contributed by atoms with E-state index in [1.807, 2.05) is 12.1 Å². The summed E-state index contributed by atoms with van der Waals surface area (Å²) in [5, 5.41) is 12.8. The first-order valence-corrected chi connectivity index (χ1v) is 8.68. The van der Waals surface area contributed by atoms with Crippen molar-refractivity contribution in [3.05, 3.63) is 39.9 Å². The minimum atomic E-state index is -0.941. The third kappa shape index (κ3) is 4.47. The van der Waals surface area contributed by atoms with Crippen LogP contribution >= 0.6 is 11.3 Å². The fraction of sp³-hybridized carbons (Fsp3) is 0.444. The fourth-order valence-corrected chi connectivity index (χ4v) is 3.18. The van der Waals surface area contributed by atoms with Crippen molar-refractivity contribution in [3.63, 3.8) is 0 Å². The second-order valence-corrected chi connectivity index (χ2v) is 7.76. The average molecular weight is 348 g/mol. The molecular formula is C18H24N2O3S. The molecule has 6 heteroatoms. The van der Waals surface area contributed by atoms with Gasteiger partial charge in [0.25, 0.3) is 0 Å². The highest BCUT2D eigenvalue weighted by molar-refractivity contribution is 7.17. The summed E-state index contributed by atoms with van der Waals surface area (Å²) < 4.78 is 5.92. The largest absolute Gasteiger partial charge is 0.491 e. The smallest absolute Gasteiger partial charge is 0.347 e. The molecule has 0 bridgehead atoms. The average Bonchev–Trinajstić information content (AvgIpc) is 2.85. The number of carboxylic acids is 1. The molecule has 0 saturated heterocycles. The number of ether oxygens (including phenoxy) is 1. The van der Waals surface area contributed by atoms with Gasteiger partial charge in [-0.05, 0) is 30.9 Å². The maximum Gasteiger partial charge on any atom is 0.347 e. The van der Waals surface area contributed by atoms with Crippen molar-refractivity contribution in [2.45, 2.75) is 40.0 Å². The van der Waals surface area contributed by atoms with Gasteiger partial charge < -0.3 is 15.2 Å². The lowest BCUT2D eigenvalue weighted by molar-refractivity contribution is 0.0701. The van der Waals surface area contributed by atoms with Crippen LogP contribution in [0.1, 0.15) is 47.3 Å². The first kappa shape index (κ1) is 18.3. The van der Waals surface area contributed by atoms with E-state index < -0.39 is 5.97 Å². The summed E-state index contributed by atoms with van der Waals surface area (Å²) in [5.74, 6) is -0.0554. The third-order valence-electron chi connectivity index (χ3n) is 3.57. The number of aromatic nitrogens is 1. The zero-order valence-electron chi connectivity index (χ0n) is 14.8. The zero-order valence-corrected chi connectivity index (χ0v) is 15.6. The second kappa shape index (κ2) is 7.21. The van der Waals surface area contributed by atoms with Gasteiger partial charge in [0.15, 0.2) is 5.13 Å². The first-order valence-electron chi connectivity index (χ1n) is 7.87. The number of carboxylic acid groups (broad SMARTS) is 1. The van der Waals surface area contributed by atoms with Crippen LogP contribution in [0.4, 0.5) is 5.13 Å². The molecular weight excluding hydrogens is 324 g/mol. The van der Waals surface area contributed by atoms with Crippen LogP contribution in [0.3, 0.4) is 0 Å². The lowest BCUT2D eigenvalue weighted by Crippen LogP contribution is -2.16. The number of thiazole rings is 1. The van der Waals surface area contributed by atoms with Crippen molar-refractivity contribution in [2.24, 2.45) is 0 Å². The summed E-state index contributed by atoms with van der Waals surface area (Å²) in [4.78, 5) is 15.5. The van der Waals surface area contributed by atoms with E-state index in [2.05, 4.69) is 44.1 Å². The number of benzene rings is 1. The molecule has 0 atom stereocenters. The minimum Gasteiger partial charge on any atom is -0.491 e. The van der Waals surface area contributed by atoms with Crippen molar-refractivity contribution in [2.75, 3.05) is 18.5 Å². The third-order valence-corrected chi connectivity index (χ3v) is 4.67. The van der Waals surface area contributed by atoms with Crippen LogP contribution in [0.25, 0.3) is 0 Å². The van der Waals surface area contributed by atoms with Gasteiger partial charge in [-0.3, -0.25) is 0 Å². The van der Waals surface area contributed by atoms with E-state index >= 15 is 0 Å². The van der Waals surface area contributed by atoms with Gasteiger partial charge in [-0.1, -0.05) is 49.8 Å². The Hall–Kier alpha value is -2.08. The van der Waals surface area contributed by atoms with Crippen LogP contribution in [0.15, 0.2) is 18.2 Å². The molecule has 0 aliphatic rings. The molecule has 0 amide bonds. The van der Waals surface area contributed by atoms with Gasteiger partial charge in [0.2, 0.25) is 0 Å². The van der Waals surface area contributed by atoms with Gasteiger partial charge in [-0.25, -0.2) is 9.78 Å². The molecule has 1 aromatic carbocycles. The van der Waals surface area contributed by atoms with Crippen molar-refractivity contribution in [1.29, 1.82) is 0 Å². The maximum absolute atomic E-state index is 11.0. The molecule has 2 N–H and O–H groups in total. The van der Waals surface area contributed by atoms with Gasteiger partial charge in [-0.2, -0.15) is 0 Å². The molecule has 0 spiro atoms. The van der Waals surface area contributed by atoms with Gasteiger partial charge in [0.05, 0.1) is 12.2 Å². The molecule has 2 rings (SSSR count). The fourth-order valence-electron chi connectivity index (χ4n) is 2.35. The Morgan fingerprint density at radius 2 is 2.04 bits per heavy atom. The van der Waals surface area contributed by atoms with Crippen molar-refractivity contribution in [1.82, 2.24) is 4.98 Å². The summed E-state index contributed by atoms with van der Waals surface area (Å²) in [7, 11) is 0. The Balaban J connectivity index is 1.96. The Bertz CT molecular complexity index is 732.